The van der Waals surface area contributed by atoms with Crippen molar-refractivity contribution in [3.63, 3.8) is 0 Å². The Labute approximate surface area is 155 Å². The monoisotopic (exact) mass is 375 g/mol. The first-order valence-corrected chi connectivity index (χ1v) is 9.35. The van der Waals surface area contributed by atoms with Crippen LogP contribution in [0.2, 0.25) is 0 Å². The number of nitrogens with zero attached hydrogens (tertiary/aromatic N) is 5. The quantitative estimate of drug-likeness (QED) is 0.636. The van der Waals surface area contributed by atoms with Crippen LogP contribution in [0.5, 0.6) is 0 Å². The Morgan fingerprint density at radius 3 is 2.77 bits per heavy atom. The van der Waals surface area contributed by atoms with Crippen LogP contribution in [0.4, 0.5) is 9.52 Å². The molecule has 0 N–H and O–H groups in total. The van der Waals surface area contributed by atoms with E-state index in [2.05, 4.69) is 15.0 Å². The number of rotatable bonds is 7. The van der Waals surface area contributed by atoms with Gasteiger partial charge in [0.2, 0.25) is 0 Å². The van der Waals surface area contributed by atoms with Crippen LogP contribution in [-0.4, -0.2) is 52.8 Å². The molecule has 138 valence electrons. The molecule has 0 atom stereocenters. The van der Waals surface area contributed by atoms with Gasteiger partial charge in [0.05, 0.1) is 10.2 Å². The van der Waals surface area contributed by atoms with Crippen LogP contribution in [-0.2, 0) is 6.54 Å². The normalized spacial score (nSPS) is 11.4. The van der Waals surface area contributed by atoms with Gasteiger partial charge in [-0.25, -0.2) is 9.37 Å². The summed E-state index contributed by atoms with van der Waals surface area (Å²) in [5.41, 5.74) is 1.08. The molecule has 0 saturated carbocycles. The number of benzene rings is 1. The van der Waals surface area contributed by atoms with Gasteiger partial charge >= 0.3 is 0 Å². The maximum Gasteiger partial charge on any atom is 0.280 e. The fourth-order valence-corrected chi connectivity index (χ4v) is 3.64. The zero-order valence-electron chi connectivity index (χ0n) is 15.1. The molecule has 8 heteroatoms. The number of anilines is 1. The number of amides is 1. The van der Waals surface area contributed by atoms with Gasteiger partial charge in [-0.1, -0.05) is 11.3 Å². The van der Waals surface area contributed by atoms with Gasteiger partial charge < -0.3 is 4.90 Å². The Balaban J connectivity index is 1.91. The molecule has 0 unspecified atom stereocenters. The Hall–Kier alpha value is -2.32. The van der Waals surface area contributed by atoms with Gasteiger partial charge in [-0.15, -0.1) is 0 Å². The lowest BCUT2D eigenvalue weighted by atomic mass is 10.3. The van der Waals surface area contributed by atoms with Crippen LogP contribution in [0.15, 0.2) is 30.5 Å². The Bertz CT molecular complexity index is 904. The minimum atomic E-state index is -0.306. The van der Waals surface area contributed by atoms with Gasteiger partial charge in [-0.2, -0.15) is 5.10 Å². The summed E-state index contributed by atoms with van der Waals surface area (Å²) in [7, 11) is 3.99. The third kappa shape index (κ3) is 4.08. The van der Waals surface area contributed by atoms with E-state index in [-0.39, 0.29) is 11.7 Å². The Morgan fingerprint density at radius 2 is 2.08 bits per heavy atom. The van der Waals surface area contributed by atoms with Crippen molar-refractivity contribution < 1.29 is 9.18 Å². The van der Waals surface area contributed by atoms with Crippen molar-refractivity contribution in [3.05, 3.63) is 42.0 Å². The van der Waals surface area contributed by atoms with Crippen molar-refractivity contribution in [2.24, 2.45) is 0 Å². The van der Waals surface area contributed by atoms with E-state index in [0.29, 0.717) is 29.4 Å². The van der Waals surface area contributed by atoms with Crippen LogP contribution in [0, 0.1) is 5.82 Å². The molecular weight excluding hydrogens is 353 g/mol. The van der Waals surface area contributed by atoms with Crippen molar-refractivity contribution in [2.75, 3.05) is 32.1 Å². The molecule has 3 aromatic rings. The molecule has 0 radical (unpaired) electrons. The first kappa shape index (κ1) is 18.5. The molecule has 2 heterocycles. The number of aromatic nitrogens is 3. The van der Waals surface area contributed by atoms with E-state index in [1.54, 1.807) is 27.9 Å². The highest BCUT2D eigenvalue weighted by molar-refractivity contribution is 7.22. The average molecular weight is 375 g/mol. The summed E-state index contributed by atoms with van der Waals surface area (Å²) in [6.07, 6.45) is 2.59. The number of thiazole rings is 1. The lowest BCUT2D eigenvalue weighted by Gasteiger charge is -2.20. The fourth-order valence-electron chi connectivity index (χ4n) is 2.62. The summed E-state index contributed by atoms with van der Waals surface area (Å²) in [6.45, 7) is 4.05. The zero-order valence-corrected chi connectivity index (χ0v) is 16.0. The number of halogens is 1. The maximum absolute atomic E-state index is 13.5. The summed E-state index contributed by atoms with van der Waals surface area (Å²) in [5, 5.41) is 4.89. The average Bonchev–Trinajstić information content (AvgIpc) is 3.24. The lowest BCUT2D eigenvalue weighted by molar-refractivity contribution is 0.0980. The van der Waals surface area contributed by atoms with Gasteiger partial charge in [-0.3, -0.25) is 14.4 Å². The van der Waals surface area contributed by atoms with Gasteiger partial charge in [0.25, 0.3) is 5.91 Å². The van der Waals surface area contributed by atoms with E-state index in [1.165, 1.54) is 23.5 Å². The highest BCUT2D eigenvalue weighted by Gasteiger charge is 2.23. The second kappa shape index (κ2) is 7.92. The molecule has 2 aromatic heterocycles. The number of aryl methyl sites for hydroxylation is 1. The Kier molecular flexibility index (Phi) is 5.63. The first-order chi connectivity index (χ1) is 12.5. The van der Waals surface area contributed by atoms with Crippen molar-refractivity contribution in [3.8, 4) is 0 Å². The van der Waals surface area contributed by atoms with E-state index in [9.17, 15) is 9.18 Å². The van der Waals surface area contributed by atoms with E-state index in [4.69, 9.17) is 0 Å². The van der Waals surface area contributed by atoms with Crippen LogP contribution in [0.1, 0.15) is 23.8 Å². The van der Waals surface area contributed by atoms with Crippen molar-refractivity contribution in [2.45, 2.75) is 19.9 Å². The molecular formula is C18H22FN5OS. The molecule has 0 bridgehead atoms. The minimum absolute atomic E-state index is 0.185. The summed E-state index contributed by atoms with van der Waals surface area (Å²) in [4.78, 5) is 21.3. The van der Waals surface area contributed by atoms with Gasteiger partial charge in [0.15, 0.2) is 10.8 Å². The molecule has 0 aliphatic rings. The van der Waals surface area contributed by atoms with Gasteiger partial charge in [0.1, 0.15) is 5.82 Å². The zero-order chi connectivity index (χ0) is 18.7. The molecule has 3 rings (SSSR count). The van der Waals surface area contributed by atoms with Gasteiger partial charge in [-0.05, 0) is 58.3 Å². The van der Waals surface area contributed by atoms with E-state index < -0.39 is 0 Å². The highest BCUT2D eigenvalue weighted by Crippen LogP contribution is 2.30. The standard InChI is InChI=1S/C18H22FN5OS/c1-4-23-11-8-15(21-23)17(25)24(10-5-9-22(2)3)18-20-14-7-6-13(19)12-16(14)26-18/h6-8,11-12H,4-5,9-10H2,1-3H3. The molecule has 1 aromatic carbocycles. The highest BCUT2D eigenvalue weighted by atomic mass is 32.1. The predicted octanol–water partition coefficient (Wildman–Crippen LogP) is 3.25. The summed E-state index contributed by atoms with van der Waals surface area (Å²) in [5.74, 6) is -0.490. The predicted molar refractivity (Wildman–Crippen MR) is 102 cm³/mol. The van der Waals surface area contributed by atoms with Crippen molar-refractivity contribution in [1.29, 1.82) is 0 Å². The topological polar surface area (TPSA) is 54.3 Å². The van der Waals surface area contributed by atoms with E-state index >= 15 is 0 Å². The third-order valence-electron chi connectivity index (χ3n) is 3.99. The summed E-state index contributed by atoms with van der Waals surface area (Å²) < 4.78 is 15.9. The molecule has 1 amide bonds. The Morgan fingerprint density at radius 1 is 1.27 bits per heavy atom. The smallest absolute Gasteiger partial charge is 0.280 e. The number of hydrogen-bond acceptors (Lipinski definition) is 5. The van der Waals surface area contributed by atoms with Crippen LogP contribution < -0.4 is 4.90 Å². The number of hydrogen-bond donors (Lipinski definition) is 0. The number of carbonyl (C=O) groups excluding carboxylic acids is 1. The van der Waals surface area contributed by atoms with E-state index in [0.717, 1.165) is 17.7 Å². The van der Waals surface area contributed by atoms with Crippen LogP contribution in [0.3, 0.4) is 0 Å². The van der Waals surface area contributed by atoms with Crippen molar-refractivity contribution >= 4 is 32.6 Å². The molecule has 0 aliphatic carbocycles. The molecule has 0 aliphatic heterocycles. The first-order valence-electron chi connectivity index (χ1n) is 8.54. The molecule has 0 fully saturated rings. The summed E-state index contributed by atoms with van der Waals surface area (Å²) >= 11 is 1.32. The SMILES string of the molecule is CCn1ccc(C(=O)N(CCCN(C)C)c2nc3ccc(F)cc3s2)n1. The molecule has 0 spiro atoms. The number of carbonyl (C=O) groups is 1. The number of fused-ring (bicyclic) bond motifs is 1. The third-order valence-corrected chi connectivity index (χ3v) is 5.03. The molecule has 0 saturated heterocycles. The largest absolute Gasteiger partial charge is 0.309 e. The fraction of sp³-hybridized carbons (Fsp3) is 0.389. The second-order valence-corrected chi connectivity index (χ2v) is 7.29. The lowest BCUT2D eigenvalue weighted by Crippen LogP contribution is -2.33. The summed E-state index contributed by atoms with van der Waals surface area (Å²) in [6, 6.07) is 6.19. The van der Waals surface area contributed by atoms with Gasteiger partial charge in [0, 0.05) is 19.3 Å². The van der Waals surface area contributed by atoms with Crippen LogP contribution >= 0.6 is 11.3 Å². The van der Waals surface area contributed by atoms with Crippen molar-refractivity contribution in [1.82, 2.24) is 19.7 Å². The van der Waals surface area contributed by atoms with E-state index in [1.807, 2.05) is 21.0 Å². The maximum atomic E-state index is 13.5. The molecule has 6 nitrogen and oxygen atoms in total. The minimum Gasteiger partial charge on any atom is -0.309 e. The second-order valence-electron chi connectivity index (χ2n) is 6.28. The van der Waals surface area contributed by atoms with Crippen LogP contribution in [0.25, 0.3) is 10.2 Å². The molecule has 26 heavy (non-hydrogen) atoms.